The maximum atomic E-state index is 5.88. The lowest BCUT2D eigenvalue weighted by Gasteiger charge is -2.43. The van der Waals surface area contributed by atoms with Crippen LogP contribution in [0.15, 0.2) is 24.5 Å². The molecule has 3 fully saturated rings. The van der Waals surface area contributed by atoms with E-state index in [1.165, 1.54) is 31.5 Å². The third-order valence-electron chi connectivity index (χ3n) is 3.52. The molecule has 0 spiro atoms. The van der Waals surface area contributed by atoms with Gasteiger partial charge in [-0.1, -0.05) is 6.07 Å². The van der Waals surface area contributed by atoms with Gasteiger partial charge in [0.2, 0.25) is 0 Å². The summed E-state index contributed by atoms with van der Waals surface area (Å²) in [7, 11) is 0. The summed E-state index contributed by atoms with van der Waals surface area (Å²) < 4.78 is 0. The van der Waals surface area contributed by atoms with Crippen LogP contribution in [0.5, 0.6) is 0 Å². The number of nitrogens with zero attached hydrogens (tertiary/aromatic N) is 2. The molecule has 1 aromatic rings. The summed E-state index contributed by atoms with van der Waals surface area (Å²) in [5.74, 6) is 0.856. The second-order valence-electron chi connectivity index (χ2n) is 4.83. The van der Waals surface area contributed by atoms with Crippen LogP contribution in [0.3, 0.4) is 0 Å². The van der Waals surface area contributed by atoms with E-state index < -0.39 is 0 Å². The topological polar surface area (TPSA) is 42.1 Å². The number of fused-ring (bicyclic) bond motifs is 3. The Balaban J connectivity index is 0.000000125. The molecule has 1 aromatic heterocycles. The molecule has 0 aromatic carbocycles. The second kappa shape index (κ2) is 5.41. The van der Waals surface area contributed by atoms with E-state index in [1.54, 1.807) is 6.20 Å². The highest BCUT2D eigenvalue weighted by molar-refractivity contribution is 5.04. The largest absolute Gasteiger partial charge is 0.326 e. The van der Waals surface area contributed by atoms with Crippen LogP contribution in [0.1, 0.15) is 18.4 Å². The molecule has 4 heterocycles. The fraction of sp³-hybridized carbons (Fsp3) is 0.615. The molecule has 1 atom stereocenters. The van der Waals surface area contributed by atoms with Gasteiger partial charge in [0.25, 0.3) is 0 Å². The lowest BCUT2D eigenvalue weighted by atomic mass is 9.85. The van der Waals surface area contributed by atoms with Crippen LogP contribution in [-0.4, -0.2) is 35.6 Å². The van der Waals surface area contributed by atoms with E-state index >= 15 is 0 Å². The summed E-state index contributed by atoms with van der Waals surface area (Å²) >= 11 is 0. The van der Waals surface area contributed by atoms with Crippen LogP contribution in [0.4, 0.5) is 0 Å². The van der Waals surface area contributed by atoms with Crippen LogP contribution in [0.2, 0.25) is 0 Å². The number of aromatic nitrogens is 1. The fourth-order valence-corrected chi connectivity index (χ4v) is 2.46. The highest BCUT2D eigenvalue weighted by Crippen LogP contribution is 2.25. The summed E-state index contributed by atoms with van der Waals surface area (Å²) in [4.78, 5) is 6.36. The van der Waals surface area contributed by atoms with Gasteiger partial charge in [-0.2, -0.15) is 0 Å². The van der Waals surface area contributed by atoms with Crippen molar-refractivity contribution in [1.29, 1.82) is 0 Å². The number of rotatable bonds is 0. The molecule has 16 heavy (non-hydrogen) atoms. The monoisotopic (exact) mass is 219 g/mol. The van der Waals surface area contributed by atoms with E-state index in [9.17, 15) is 0 Å². The smallest absolute Gasteiger partial charge is 0.0297 e. The summed E-state index contributed by atoms with van der Waals surface area (Å²) in [6, 6.07) is 4.44. The lowest BCUT2D eigenvalue weighted by Crippen LogP contribution is -2.54. The third kappa shape index (κ3) is 3.03. The van der Waals surface area contributed by atoms with Crippen molar-refractivity contribution < 1.29 is 0 Å². The molecule has 0 saturated carbocycles. The van der Waals surface area contributed by atoms with Crippen molar-refractivity contribution in [1.82, 2.24) is 9.88 Å². The van der Waals surface area contributed by atoms with E-state index in [1.807, 2.05) is 25.3 Å². The van der Waals surface area contributed by atoms with Gasteiger partial charge in [-0.15, -0.1) is 0 Å². The minimum atomic E-state index is 0.493. The standard InChI is InChI=1S/C7H14N2.C6H7N/c8-7-5-9-3-1-6(7)2-4-9;1-6-3-2-4-7-5-6/h6-7H,1-5,8H2;2-5H,1H3/t7-;/m0./s1. The molecule has 0 amide bonds. The SMILES string of the molecule is Cc1cccnc1.N[C@H]1CN2CCC1CC2. The van der Waals surface area contributed by atoms with Gasteiger partial charge in [0.15, 0.2) is 0 Å². The van der Waals surface area contributed by atoms with Gasteiger partial charge >= 0.3 is 0 Å². The summed E-state index contributed by atoms with van der Waals surface area (Å²) in [6.07, 6.45) is 6.30. The van der Waals surface area contributed by atoms with Crippen molar-refractivity contribution in [2.24, 2.45) is 11.7 Å². The average molecular weight is 219 g/mol. The summed E-state index contributed by atoms with van der Waals surface area (Å²) in [6.45, 7) is 5.79. The van der Waals surface area contributed by atoms with Crippen molar-refractivity contribution >= 4 is 0 Å². The Kier molecular flexibility index (Phi) is 3.91. The number of aryl methyl sites for hydroxylation is 1. The van der Waals surface area contributed by atoms with E-state index in [0.717, 1.165) is 12.5 Å². The number of hydrogen-bond acceptors (Lipinski definition) is 3. The van der Waals surface area contributed by atoms with Gasteiger partial charge in [-0.25, -0.2) is 0 Å². The molecule has 88 valence electrons. The molecule has 0 aliphatic carbocycles. The Morgan fingerprint density at radius 2 is 2.12 bits per heavy atom. The van der Waals surface area contributed by atoms with E-state index in [4.69, 9.17) is 5.73 Å². The molecule has 3 aliphatic rings. The first-order valence-corrected chi connectivity index (χ1v) is 6.10. The Hall–Kier alpha value is -0.930. The first-order chi connectivity index (χ1) is 7.75. The predicted octanol–water partition coefficient (Wildman–Crippen LogP) is 1.43. The van der Waals surface area contributed by atoms with Crippen molar-refractivity contribution in [2.75, 3.05) is 19.6 Å². The van der Waals surface area contributed by atoms with E-state index in [2.05, 4.69) is 9.88 Å². The zero-order chi connectivity index (χ0) is 11.4. The molecule has 2 N–H and O–H groups in total. The Labute approximate surface area is 97.7 Å². The summed E-state index contributed by atoms with van der Waals surface area (Å²) in [5, 5.41) is 0. The number of nitrogens with two attached hydrogens (primary N) is 1. The Bertz CT molecular complexity index is 304. The van der Waals surface area contributed by atoms with E-state index in [-0.39, 0.29) is 0 Å². The van der Waals surface area contributed by atoms with Crippen LogP contribution < -0.4 is 5.73 Å². The zero-order valence-corrected chi connectivity index (χ0v) is 9.97. The number of piperidine rings is 3. The summed E-state index contributed by atoms with van der Waals surface area (Å²) in [5.41, 5.74) is 7.09. The Morgan fingerprint density at radius 1 is 1.38 bits per heavy atom. The zero-order valence-electron chi connectivity index (χ0n) is 9.97. The molecule has 3 heteroatoms. The van der Waals surface area contributed by atoms with E-state index in [0.29, 0.717) is 6.04 Å². The average Bonchev–Trinajstić information content (AvgIpc) is 2.32. The van der Waals surface area contributed by atoms with Crippen molar-refractivity contribution in [3.05, 3.63) is 30.1 Å². The van der Waals surface area contributed by atoms with Gasteiger partial charge in [0.05, 0.1) is 0 Å². The van der Waals surface area contributed by atoms with Gasteiger partial charge in [0, 0.05) is 25.0 Å². The molecule has 0 unspecified atom stereocenters. The lowest BCUT2D eigenvalue weighted by molar-refractivity contribution is 0.0896. The molecular formula is C13H21N3. The van der Waals surface area contributed by atoms with Crippen LogP contribution in [0.25, 0.3) is 0 Å². The van der Waals surface area contributed by atoms with Gasteiger partial charge < -0.3 is 10.6 Å². The molecule has 3 aliphatic heterocycles. The first kappa shape index (κ1) is 11.6. The number of hydrogen-bond donors (Lipinski definition) is 1. The Morgan fingerprint density at radius 3 is 2.38 bits per heavy atom. The molecular weight excluding hydrogens is 198 g/mol. The van der Waals surface area contributed by atoms with Crippen molar-refractivity contribution in [2.45, 2.75) is 25.8 Å². The van der Waals surface area contributed by atoms with Gasteiger partial charge in [-0.3, -0.25) is 4.98 Å². The van der Waals surface area contributed by atoms with Crippen molar-refractivity contribution in [3.63, 3.8) is 0 Å². The fourth-order valence-electron chi connectivity index (χ4n) is 2.46. The minimum absolute atomic E-state index is 0.493. The molecule has 2 bridgehead atoms. The third-order valence-corrected chi connectivity index (χ3v) is 3.52. The highest BCUT2D eigenvalue weighted by atomic mass is 15.2. The predicted molar refractivity (Wildman–Crippen MR) is 66.1 cm³/mol. The van der Waals surface area contributed by atoms with Crippen LogP contribution >= 0.6 is 0 Å². The number of pyridine rings is 1. The highest BCUT2D eigenvalue weighted by Gasteiger charge is 2.31. The van der Waals surface area contributed by atoms with Crippen LogP contribution in [-0.2, 0) is 0 Å². The molecule has 3 nitrogen and oxygen atoms in total. The van der Waals surface area contributed by atoms with Crippen LogP contribution in [0, 0.1) is 12.8 Å². The quantitative estimate of drug-likeness (QED) is 0.717. The van der Waals surface area contributed by atoms with Gasteiger partial charge in [0.1, 0.15) is 0 Å². The molecule has 4 rings (SSSR count). The maximum absolute atomic E-state index is 5.88. The van der Waals surface area contributed by atoms with Crippen molar-refractivity contribution in [3.8, 4) is 0 Å². The first-order valence-electron chi connectivity index (χ1n) is 6.10. The normalized spacial score (nSPS) is 31.8. The molecule has 0 radical (unpaired) electrons. The van der Waals surface area contributed by atoms with Gasteiger partial charge in [-0.05, 0) is 50.4 Å². The molecule has 3 saturated heterocycles. The minimum Gasteiger partial charge on any atom is -0.326 e. The second-order valence-corrected chi connectivity index (χ2v) is 4.83. The maximum Gasteiger partial charge on any atom is 0.0297 e.